The molecule has 3 fully saturated rings. The van der Waals surface area contributed by atoms with Crippen molar-refractivity contribution in [3.05, 3.63) is 29.3 Å². The topological polar surface area (TPSA) is 78.0 Å². The Bertz CT molecular complexity index is 971. The lowest BCUT2D eigenvalue weighted by atomic mass is 10.0. The van der Waals surface area contributed by atoms with Crippen LogP contribution >= 0.6 is 0 Å². The molecule has 0 atom stereocenters. The van der Waals surface area contributed by atoms with Gasteiger partial charge in [0.05, 0.1) is 11.4 Å². The van der Waals surface area contributed by atoms with Crippen molar-refractivity contribution in [2.45, 2.75) is 62.0 Å². The average Bonchev–Trinajstić information content (AvgIpc) is 3.48. The molecule has 176 valence electrons. The van der Waals surface area contributed by atoms with Crippen LogP contribution in [0.1, 0.15) is 49.7 Å². The number of hydrogen-bond donors (Lipinski definition) is 0. The summed E-state index contributed by atoms with van der Waals surface area (Å²) >= 11 is 0. The second-order valence-electron chi connectivity index (χ2n) is 9.63. The van der Waals surface area contributed by atoms with Crippen LogP contribution < -0.4 is 0 Å². The first-order chi connectivity index (χ1) is 15.2. The second-order valence-corrected chi connectivity index (χ2v) is 11.9. The molecule has 3 aliphatic rings. The fraction of sp³-hybridized carbons (Fsp3) is 0.667. The van der Waals surface area contributed by atoms with Gasteiger partial charge in [-0.15, -0.1) is 0 Å². The van der Waals surface area contributed by atoms with Gasteiger partial charge in [-0.2, -0.15) is 0 Å². The Hall–Kier alpha value is -1.93. The molecule has 0 aromatic heterocycles. The lowest BCUT2D eigenvalue weighted by molar-refractivity contribution is -0.136. The van der Waals surface area contributed by atoms with Gasteiger partial charge in [-0.05, 0) is 56.7 Å². The molecular weight excluding hydrogens is 426 g/mol. The van der Waals surface area contributed by atoms with Crippen LogP contribution in [0.2, 0.25) is 0 Å². The van der Waals surface area contributed by atoms with Crippen LogP contribution in [0.15, 0.2) is 23.1 Å². The Morgan fingerprint density at radius 2 is 1.50 bits per heavy atom. The van der Waals surface area contributed by atoms with E-state index in [1.165, 1.54) is 0 Å². The van der Waals surface area contributed by atoms with Crippen molar-refractivity contribution in [2.75, 3.05) is 45.8 Å². The molecule has 1 aromatic rings. The third-order valence-corrected chi connectivity index (χ3v) is 10.1. The molecular formula is C24H35N3O4S. The Kier molecular flexibility index (Phi) is 6.63. The van der Waals surface area contributed by atoms with Gasteiger partial charge in [0.15, 0.2) is 14.6 Å². The van der Waals surface area contributed by atoms with E-state index in [2.05, 4.69) is 4.90 Å². The molecule has 0 bridgehead atoms. The van der Waals surface area contributed by atoms with E-state index in [-0.39, 0.29) is 11.8 Å². The number of sulfone groups is 1. The summed E-state index contributed by atoms with van der Waals surface area (Å²) in [7, 11) is -3.81. The summed E-state index contributed by atoms with van der Waals surface area (Å²) in [6, 6.07) is 5.44. The van der Waals surface area contributed by atoms with E-state index < -0.39 is 14.6 Å². The van der Waals surface area contributed by atoms with Crippen LogP contribution in [0.25, 0.3) is 0 Å². The Labute approximate surface area is 191 Å². The van der Waals surface area contributed by atoms with E-state index >= 15 is 0 Å². The lowest BCUT2D eigenvalue weighted by Crippen LogP contribution is -2.58. The van der Waals surface area contributed by atoms with Crippen molar-refractivity contribution in [3.63, 3.8) is 0 Å². The van der Waals surface area contributed by atoms with Crippen molar-refractivity contribution in [2.24, 2.45) is 0 Å². The summed E-state index contributed by atoms with van der Waals surface area (Å²) in [6.45, 7) is 7.89. The van der Waals surface area contributed by atoms with Gasteiger partial charge in [0.1, 0.15) is 0 Å². The molecule has 32 heavy (non-hydrogen) atoms. The summed E-state index contributed by atoms with van der Waals surface area (Å²) in [6.07, 6.45) is 4.42. The molecule has 1 aliphatic carbocycles. The van der Waals surface area contributed by atoms with E-state index in [1.54, 1.807) is 17.9 Å². The molecule has 2 saturated heterocycles. The maximum atomic E-state index is 13.9. The SMILES string of the molecule is Cc1ccc(C)c(S(=O)(=O)C2(C(=O)N3CCN(CC(=O)N4CCCC4)CC3)CCCC2)c1. The predicted molar refractivity (Wildman–Crippen MR) is 123 cm³/mol. The summed E-state index contributed by atoms with van der Waals surface area (Å²) in [5.74, 6) is -0.0894. The third-order valence-electron chi connectivity index (χ3n) is 7.43. The molecule has 0 N–H and O–H groups in total. The van der Waals surface area contributed by atoms with Gasteiger partial charge >= 0.3 is 0 Å². The quantitative estimate of drug-likeness (QED) is 0.672. The highest BCUT2D eigenvalue weighted by atomic mass is 32.2. The highest BCUT2D eigenvalue weighted by molar-refractivity contribution is 7.93. The van der Waals surface area contributed by atoms with Crippen LogP contribution in [0, 0.1) is 13.8 Å². The van der Waals surface area contributed by atoms with E-state index in [1.807, 2.05) is 24.0 Å². The molecule has 2 heterocycles. The van der Waals surface area contributed by atoms with Crippen LogP contribution in [-0.2, 0) is 19.4 Å². The van der Waals surface area contributed by atoms with E-state index in [4.69, 9.17) is 0 Å². The van der Waals surface area contributed by atoms with Crippen molar-refractivity contribution in [3.8, 4) is 0 Å². The zero-order valence-corrected chi connectivity index (χ0v) is 20.1. The summed E-state index contributed by atoms with van der Waals surface area (Å²) in [5.41, 5.74) is 1.57. The average molecular weight is 462 g/mol. The number of benzene rings is 1. The molecule has 0 spiro atoms. The van der Waals surface area contributed by atoms with Gasteiger partial charge in [-0.1, -0.05) is 25.0 Å². The minimum absolute atomic E-state index is 0.159. The van der Waals surface area contributed by atoms with Crippen molar-refractivity contribution < 1.29 is 18.0 Å². The van der Waals surface area contributed by atoms with Crippen LogP contribution in [-0.4, -0.2) is 85.5 Å². The van der Waals surface area contributed by atoms with Crippen molar-refractivity contribution in [1.82, 2.24) is 14.7 Å². The first-order valence-corrected chi connectivity index (χ1v) is 13.3. The zero-order chi connectivity index (χ0) is 22.9. The number of likely N-dealkylation sites (tertiary alicyclic amines) is 1. The standard InChI is InChI=1S/C24H35N3O4S/c1-19-7-8-20(2)21(17-19)32(30,31)24(9-3-4-10-24)23(29)27-15-13-25(14-16-27)18-22(28)26-11-5-6-12-26/h7-8,17H,3-6,9-16,18H2,1-2H3. The lowest BCUT2D eigenvalue weighted by Gasteiger charge is -2.39. The Morgan fingerprint density at radius 1 is 0.875 bits per heavy atom. The first kappa shape index (κ1) is 23.2. The van der Waals surface area contributed by atoms with Crippen LogP contribution in [0.5, 0.6) is 0 Å². The number of aryl methyl sites for hydroxylation is 2. The highest BCUT2D eigenvalue weighted by Gasteiger charge is 2.55. The molecule has 1 saturated carbocycles. The third kappa shape index (κ3) is 4.19. The van der Waals surface area contributed by atoms with E-state index in [9.17, 15) is 18.0 Å². The number of amides is 2. The first-order valence-electron chi connectivity index (χ1n) is 11.9. The zero-order valence-electron chi connectivity index (χ0n) is 19.3. The number of carbonyl (C=O) groups excluding carboxylic acids is 2. The predicted octanol–water partition coefficient (Wildman–Crippen LogP) is 2.16. The second kappa shape index (κ2) is 9.14. The smallest absolute Gasteiger partial charge is 0.244 e. The summed E-state index contributed by atoms with van der Waals surface area (Å²) in [5, 5.41) is 0. The fourth-order valence-corrected chi connectivity index (χ4v) is 7.85. The Balaban J connectivity index is 1.48. The van der Waals surface area contributed by atoms with Gasteiger partial charge in [-0.25, -0.2) is 8.42 Å². The van der Waals surface area contributed by atoms with Crippen molar-refractivity contribution in [1.29, 1.82) is 0 Å². The Morgan fingerprint density at radius 3 is 2.12 bits per heavy atom. The minimum Gasteiger partial charge on any atom is -0.342 e. The van der Waals surface area contributed by atoms with Gasteiger partial charge in [-0.3, -0.25) is 14.5 Å². The van der Waals surface area contributed by atoms with Crippen LogP contribution in [0.4, 0.5) is 0 Å². The van der Waals surface area contributed by atoms with Gasteiger partial charge in [0.2, 0.25) is 11.8 Å². The number of hydrogen-bond acceptors (Lipinski definition) is 5. The minimum atomic E-state index is -3.81. The summed E-state index contributed by atoms with van der Waals surface area (Å²) in [4.78, 5) is 32.2. The highest BCUT2D eigenvalue weighted by Crippen LogP contribution is 2.43. The van der Waals surface area contributed by atoms with Crippen LogP contribution in [0.3, 0.4) is 0 Å². The fourth-order valence-electron chi connectivity index (χ4n) is 5.41. The monoisotopic (exact) mass is 461 g/mol. The molecule has 0 unspecified atom stereocenters. The normalized spacial score (nSPS) is 21.8. The molecule has 4 rings (SSSR count). The molecule has 2 aliphatic heterocycles. The number of nitrogens with zero attached hydrogens (tertiary/aromatic N) is 3. The largest absolute Gasteiger partial charge is 0.342 e. The maximum absolute atomic E-state index is 13.9. The summed E-state index contributed by atoms with van der Waals surface area (Å²) < 4.78 is 26.4. The maximum Gasteiger partial charge on any atom is 0.244 e. The van der Waals surface area contributed by atoms with Crippen molar-refractivity contribution >= 4 is 21.7 Å². The van der Waals surface area contributed by atoms with Gasteiger partial charge in [0, 0.05) is 39.3 Å². The number of piperazine rings is 1. The van der Waals surface area contributed by atoms with Gasteiger partial charge in [0.25, 0.3) is 0 Å². The molecule has 0 radical (unpaired) electrons. The molecule has 8 heteroatoms. The number of carbonyl (C=O) groups is 2. The van der Waals surface area contributed by atoms with E-state index in [0.717, 1.165) is 44.3 Å². The molecule has 2 amide bonds. The molecule has 7 nitrogen and oxygen atoms in total. The van der Waals surface area contributed by atoms with E-state index in [0.29, 0.717) is 56.0 Å². The van der Waals surface area contributed by atoms with Gasteiger partial charge < -0.3 is 9.80 Å². The number of rotatable bonds is 5. The molecule has 1 aromatic carbocycles.